The molecule has 1 heterocycles. The van der Waals surface area contributed by atoms with Crippen LogP contribution < -0.4 is 0 Å². The molecule has 34 heavy (non-hydrogen) atoms. The van der Waals surface area contributed by atoms with Gasteiger partial charge in [-0.1, -0.05) is 85.8 Å². The number of benzene rings is 3. The van der Waals surface area contributed by atoms with Crippen molar-refractivity contribution in [3.8, 4) is 45.7 Å². The third kappa shape index (κ3) is 5.42. The number of aromatic hydroxyl groups is 2. The fourth-order valence-electron chi connectivity index (χ4n) is 3.90. The molecule has 2 N–H and O–H groups in total. The van der Waals surface area contributed by atoms with Gasteiger partial charge in [0.1, 0.15) is 11.5 Å². The SMILES string of the molecule is CCCCCCc1cc(-c2nc(-c3ccc(C)cc3)nc(-c3ccc(C)cc3)n2)c(O)cc1O. The van der Waals surface area contributed by atoms with Gasteiger partial charge in [0.15, 0.2) is 17.5 Å². The number of unbranched alkanes of at least 4 members (excludes halogenated alkanes) is 3. The third-order valence-electron chi connectivity index (χ3n) is 5.99. The number of aryl methyl sites for hydroxylation is 3. The molecule has 0 spiro atoms. The van der Waals surface area contributed by atoms with E-state index in [1.807, 2.05) is 68.4 Å². The second-order valence-electron chi connectivity index (χ2n) is 8.85. The van der Waals surface area contributed by atoms with Crippen LogP contribution in [0, 0.1) is 13.8 Å². The first-order valence-corrected chi connectivity index (χ1v) is 11.9. The zero-order valence-corrected chi connectivity index (χ0v) is 20.0. The maximum absolute atomic E-state index is 10.7. The van der Waals surface area contributed by atoms with Crippen molar-refractivity contribution >= 4 is 0 Å². The number of phenols is 2. The van der Waals surface area contributed by atoms with Crippen LogP contribution in [0.25, 0.3) is 34.2 Å². The van der Waals surface area contributed by atoms with E-state index >= 15 is 0 Å². The molecular formula is C29H31N3O2. The number of hydrogen-bond donors (Lipinski definition) is 2. The van der Waals surface area contributed by atoms with Gasteiger partial charge in [0.05, 0.1) is 5.56 Å². The Bertz CT molecular complexity index is 1200. The van der Waals surface area contributed by atoms with Crippen LogP contribution >= 0.6 is 0 Å². The number of nitrogens with zero attached hydrogens (tertiary/aromatic N) is 3. The molecule has 4 rings (SSSR count). The largest absolute Gasteiger partial charge is 0.508 e. The Morgan fingerprint density at radius 1 is 0.618 bits per heavy atom. The molecule has 0 bridgehead atoms. The summed E-state index contributed by atoms with van der Waals surface area (Å²) in [4.78, 5) is 14.2. The Balaban J connectivity index is 1.81. The lowest BCUT2D eigenvalue weighted by Gasteiger charge is -2.12. The smallest absolute Gasteiger partial charge is 0.167 e. The summed E-state index contributed by atoms with van der Waals surface area (Å²) in [6, 6.07) is 19.3. The lowest BCUT2D eigenvalue weighted by molar-refractivity contribution is 0.446. The number of phenolic OH excluding ortho intramolecular Hbond substituents is 2. The second-order valence-corrected chi connectivity index (χ2v) is 8.85. The van der Waals surface area contributed by atoms with E-state index in [-0.39, 0.29) is 11.5 Å². The summed E-state index contributed by atoms with van der Waals surface area (Å²) in [5.41, 5.74) is 5.34. The van der Waals surface area contributed by atoms with Crippen molar-refractivity contribution < 1.29 is 10.2 Å². The monoisotopic (exact) mass is 453 g/mol. The first-order valence-electron chi connectivity index (χ1n) is 11.9. The van der Waals surface area contributed by atoms with Gasteiger partial charge >= 0.3 is 0 Å². The average Bonchev–Trinajstić information content (AvgIpc) is 2.83. The molecular weight excluding hydrogens is 422 g/mol. The van der Waals surface area contributed by atoms with Crippen LogP contribution in [0.3, 0.4) is 0 Å². The van der Waals surface area contributed by atoms with Crippen LogP contribution in [0.2, 0.25) is 0 Å². The third-order valence-corrected chi connectivity index (χ3v) is 5.99. The van der Waals surface area contributed by atoms with Crippen LogP contribution in [-0.2, 0) is 6.42 Å². The highest BCUT2D eigenvalue weighted by atomic mass is 16.3. The average molecular weight is 454 g/mol. The van der Waals surface area contributed by atoms with Gasteiger partial charge in [-0.05, 0) is 38.3 Å². The molecule has 0 unspecified atom stereocenters. The Hall–Kier alpha value is -3.73. The molecule has 0 aliphatic rings. The van der Waals surface area contributed by atoms with E-state index in [9.17, 15) is 10.2 Å². The number of hydrogen-bond acceptors (Lipinski definition) is 5. The molecule has 0 fully saturated rings. The van der Waals surface area contributed by atoms with Gasteiger partial charge in [-0.3, -0.25) is 0 Å². The van der Waals surface area contributed by atoms with Gasteiger partial charge in [-0.2, -0.15) is 0 Å². The molecule has 1 aromatic heterocycles. The maximum atomic E-state index is 10.7. The summed E-state index contributed by atoms with van der Waals surface area (Å²) in [6.07, 6.45) is 5.14. The highest BCUT2D eigenvalue weighted by Gasteiger charge is 2.17. The van der Waals surface area contributed by atoms with Gasteiger partial charge in [-0.15, -0.1) is 0 Å². The highest BCUT2D eigenvalue weighted by Crippen LogP contribution is 2.35. The Morgan fingerprint density at radius 3 is 1.68 bits per heavy atom. The molecule has 0 aliphatic carbocycles. The molecule has 5 nitrogen and oxygen atoms in total. The van der Waals surface area contributed by atoms with Gasteiger partial charge in [0.2, 0.25) is 0 Å². The van der Waals surface area contributed by atoms with E-state index in [1.54, 1.807) is 0 Å². The minimum Gasteiger partial charge on any atom is -0.508 e. The number of aromatic nitrogens is 3. The fraction of sp³-hybridized carbons (Fsp3) is 0.276. The van der Waals surface area contributed by atoms with Gasteiger partial charge in [0.25, 0.3) is 0 Å². The zero-order valence-electron chi connectivity index (χ0n) is 20.0. The molecule has 0 saturated heterocycles. The van der Waals surface area contributed by atoms with Crippen LogP contribution in [0.1, 0.15) is 49.3 Å². The normalized spacial score (nSPS) is 11.0. The second kappa shape index (κ2) is 10.5. The van der Waals surface area contributed by atoms with E-state index in [2.05, 4.69) is 6.92 Å². The summed E-state index contributed by atoms with van der Waals surface area (Å²) in [7, 11) is 0. The Labute approximate surface area is 201 Å². The molecule has 0 saturated carbocycles. The lowest BCUT2D eigenvalue weighted by atomic mass is 10.0. The van der Waals surface area contributed by atoms with Crippen molar-refractivity contribution in [1.29, 1.82) is 0 Å². The van der Waals surface area contributed by atoms with E-state index in [4.69, 9.17) is 15.0 Å². The standard InChI is InChI=1S/C29H31N3O2/c1-4-5-6-7-8-23-17-24(26(34)18-25(23)33)29-31-27(21-13-9-19(2)10-14-21)30-28(32-29)22-15-11-20(3)12-16-22/h9-18,33-34H,4-8H2,1-3H3. The predicted octanol–water partition coefficient (Wildman–Crippen LogP) is 7.02. The quantitative estimate of drug-likeness (QED) is 0.280. The molecule has 4 aromatic rings. The van der Waals surface area contributed by atoms with Crippen LogP contribution in [-0.4, -0.2) is 25.2 Å². The minimum absolute atomic E-state index is 0.0503. The van der Waals surface area contributed by atoms with Crippen molar-refractivity contribution in [2.45, 2.75) is 52.9 Å². The maximum Gasteiger partial charge on any atom is 0.167 e. The van der Waals surface area contributed by atoms with E-state index in [1.165, 1.54) is 12.5 Å². The summed E-state index contributed by atoms with van der Waals surface area (Å²) in [6.45, 7) is 6.25. The van der Waals surface area contributed by atoms with Crippen LogP contribution in [0.5, 0.6) is 11.5 Å². The zero-order chi connectivity index (χ0) is 24.1. The molecule has 0 atom stereocenters. The van der Waals surface area contributed by atoms with E-state index in [0.29, 0.717) is 23.0 Å². The van der Waals surface area contributed by atoms with Crippen LogP contribution in [0.15, 0.2) is 60.7 Å². The first-order chi connectivity index (χ1) is 16.4. The molecule has 0 amide bonds. The van der Waals surface area contributed by atoms with Gasteiger partial charge in [-0.25, -0.2) is 15.0 Å². The topological polar surface area (TPSA) is 79.1 Å². The minimum atomic E-state index is -0.0503. The molecule has 174 valence electrons. The lowest BCUT2D eigenvalue weighted by Crippen LogP contribution is -2.01. The van der Waals surface area contributed by atoms with Gasteiger partial charge in [0, 0.05) is 17.2 Å². The number of rotatable bonds is 8. The van der Waals surface area contributed by atoms with Crippen molar-refractivity contribution in [2.75, 3.05) is 0 Å². The Kier molecular flexibility index (Phi) is 7.21. The van der Waals surface area contributed by atoms with E-state index in [0.717, 1.165) is 53.5 Å². The summed E-state index contributed by atoms with van der Waals surface area (Å²) < 4.78 is 0. The Morgan fingerprint density at radius 2 is 1.15 bits per heavy atom. The molecule has 5 heteroatoms. The molecule has 3 aromatic carbocycles. The summed E-state index contributed by atoms with van der Waals surface area (Å²) >= 11 is 0. The van der Waals surface area contributed by atoms with E-state index < -0.39 is 0 Å². The van der Waals surface area contributed by atoms with Crippen molar-refractivity contribution in [3.63, 3.8) is 0 Å². The summed E-state index contributed by atoms with van der Waals surface area (Å²) in [5.74, 6) is 1.51. The summed E-state index contributed by atoms with van der Waals surface area (Å²) in [5, 5.41) is 21.1. The van der Waals surface area contributed by atoms with Crippen molar-refractivity contribution in [1.82, 2.24) is 15.0 Å². The van der Waals surface area contributed by atoms with Crippen molar-refractivity contribution in [2.24, 2.45) is 0 Å². The first kappa shape index (κ1) is 23.4. The fourth-order valence-corrected chi connectivity index (χ4v) is 3.90. The molecule has 0 aliphatic heterocycles. The van der Waals surface area contributed by atoms with Crippen molar-refractivity contribution in [3.05, 3.63) is 77.4 Å². The molecule has 0 radical (unpaired) electrons. The predicted molar refractivity (Wildman–Crippen MR) is 137 cm³/mol. The highest BCUT2D eigenvalue weighted by molar-refractivity contribution is 5.71. The van der Waals surface area contributed by atoms with Crippen LogP contribution in [0.4, 0.5) is 0 Å². The van der Waals surface area contributed by atoms with Gasteiger partial charge < -0.3 is 10.2 Å².